The van der Waals surface area contributed by atoms with E-state index < -0.39 is 13.2 Å². The highest BCUT2D eigenvalue weighted by atomic mass is 16.3. The van der Waals surface area contributed by atoms with Crippen molar-refractivity contribution in [2.75, 3.05) is 13.2 Å². The number of hydrogen-bond acceptors (Lipinski definition) is 4. The molecule has 0 amide bonds. The predicted molar refractivity (Wildman–Crippen MR) is 81.4 cm³/mol. The number of ketones is 2. The van der Waals surface area contributed by atoms with Crippen molar-refractivity contribution in [3.63, 3.8) is 0 Å². The van der Waals surface area contributed by atoms with Crippen LogP contribution in [0.5, 0.6) is 0 Å². The molecule has 4 nitrogen and oxygen atoms in total. The molecule has 20 heavy (non-hydrogen) atoms. The molecule has 4 heteroatoms. The largest absolute Gasteiger partial charge is 0.392 e. The first-order valence-electron chi connectivity index (χ1n) is 5.80. The fourth-order valence-corrected chi connectivity index (χ4v) is 1.88. The number of hydrogen-bond donors (Lipinski definition) is 2. The number of allylic oxidation sites excluding steroid dienone is 4. The van der Waals surface area contributed by atoms with Crippen molar-refractivity contribution < 1.29 is 19.8 Å². The highest BCUT2D eigenvalue weighted by Crippen LogP contribution is 2.26. The van der Waals surface area contributed by atoms with Crippen LogP contribution in [0.2, 0.25) is 0 Å². The standard InChI is InChI=1S/C14H18O4.2CH4/c1-8(2)4-5-10-9(3)13(17)11(6-15)12(7-16)14(10)18;;/h4,15-16H,5-7H2,1-3H3;2*1H4. The average Bonchev–Trinajstić information content (AvgIpc) is 2.32. The molecule has 0 aromatic carbocycles. The van der Waals surface area contributed by atoms with Crippen LogP contribution in [0.4, 0.5) is 0 Å². The second-order valence-corrected chi connectivity index (χ2v) is 4.52. The van der Waals surface area contributed by atoms with E-state index in [9.17, 15) is 14.7 Å². The number of carbonyl (C=O) groups excluding carboxylic acids is 2. The van der Waals surface area contributed by atoms with Crippen LogP contribution in [0.1, 0.15) is 42.0 Å². The highest BCUT2D eigenvalue weighted by molar-refractivity contribution is 6.25. The lowest BCUT2D eigenvalue weighted by Gasteiger charge is -2.19. The first-order valence-corrected chi connectivity index (χ1v) is 5.80. The van der Waals surface area contributed by atoms with Gasteiger partial charge in [0.05, 0.1) is 13.2 Å². The minimum absolute atomic E-state index is 0. The Bertz CT molecular complexity index is 475. The third-order valence-electron chi connectivity index (χ3n) is 3.01. The maximum Gasteiger partial charge on any atom is 0.188 e. The van der Waals surface area contributed by atoms with Gasteiger partial charge in [-0.15, -0.1) is 0 Å². The van der Waals surface area contributed by atoms with Gasteiger partial charge in [0.2, 0.25) is 0 Å². The lowest BCUT2D eigenvalue weighted by atomic mass is 9.83. The maximum absolute atomic E-state index is 12.1. The first-order chi connectivity index (χ1) is 8.43. The molecule has 0 spiro atoms. The fourth-order valence-electron chi connectivity index (χ4n) is 1.88. The summed E-state index contributed by atoms with van der Waals surface area (Å²) in [5.41, 5.74) is 1.85. The summed E-state index contributed by atoms with van der Waals surface area (Å²) in [6.45, 7) is 4.36. The lowest BCUT2D eigenvalue weighted by Crippen LogP contribution is -2.26. The number of aliphatic hydroxyl groups excluding tert-OH is 2. The summed E-state index contributed by atoms with van der Waals surface area (Å²) in [6, 6.07) is 0. The van der Waals surface area contributed by atoms with Crippen LogP contribution < -0.4 is 0 Å². The summed E-state index contributed by atoms with van der Waals surface area (Å²) in [4.78, 5) is 24.1. The van der Waals surface area contributed by atoms with Gasteiger partial charge in [-0.3, -0.25) is 9.59 Å². The monoisotopic (exact) mass is 282 g/mol. The van der Waals surface area contributed by atoms with Crippen LogP contribution in [0.3, 0.4) is 0 Å². The van der Waals surface area contributed by atoms with Crippen molar-refractivity contribution >= 4 is 11.6 Å². The topological polar surface area (TPSA) is 74.6 Å². The molecule has 0 radical (unpaired) electrons. The summed E-state index contributed by atoms with van der Waals surface area (Å²) < 4.78 is 0. The maximum atomic E-state index is 12.1. The number of Topliss-reactive ketones (excluding diaryl/α,β-unsaturated/α-hetero) is 2. The molecular formula is C16H26O4. The molecule has 1 rings (SSSR count). The molecule has 0 aromatic rings. The van der Waals surface area contributed by atoms with Gasteiger partial charge in [0.1, 0.15) is 0 Å². The second-order valence-electron chi connectivity index (χ2n) is 4.52. The molecule has 0 aromatic heterocycles. The Morgan fingerprint density at radius 2 is 1.40 bits per heavy atom. The van der Waals surface area contributed by atoms with E-state index in [4.69, 9.17) is 5.11 Å². The van der Waals surface area contributed by atoms with E-state index in [-0.39, 0.29) is 37.6 Å². The van der Waals surface area contributed by atoms with Crippen molar-refractivity contribution in [3.8, 4) is 0 Å². The molecule has 0 bridgehead atoms. The summed E-state index contributed by atoms with van der Waals surface area (Å²) >= 11 is 0. The van der Waals surface area contributed by atoms with Crippen molar-refractivity contribution in [1.29, 1.82) is 0 Å². The summed E-state index contributed by atoms with van der Waals surface area (Å²) in [5.74, 6) is -0.686. The zero-order valence-electron chi connectivity index (χ0n) is 10.9. The molecule has 0 saturated heterocycles. The third kappa shape index (κ3) is 3.99. The van der Waals surface area contributed by atoms with Crippen molar-refractivity contribution in [2.45, 2.75) is 42.0 Å². The smallest absolute Gasteiger partial charge is 0.188 e. The van der Waals surface area contributed by atoms with Crippen molar-refractivity contribution in [1.82, 2.24) is 0 Å². The Morgan fingerprint density at radius 1 is 0.950 bits per heavy atom. The Morgan fingerprint density at radius 3 is 1.80 bits per heavy atom. The Balaban J connectivity index is 0. The normalized spacial score (nSPS) is 14.8. The minimum Gasteiger partial charge on any atom is -0.392 e. The molecule has 114 valence electrons. The van der Waals surface area contributed by atoms with Crippen molar-refractivity contribution in [3.05, 3.63) is 33.9 Å². The molecule has 0 fully saturated rings. The van der Waals surface area contributed by atoms with Gasteiger partial charge in [0.25, 0.3) is 0 Å². The molecule has 0 unspecified atom stereocenters. The van der Waals surface area contributed by atoms with Gasteiger partial charge in [-0.2, -0.15) is 0 Å². The van der Waals surface area contributed by atoms with Gasteiger partial charge in [-0.05, 0) is 27.2 Å². The SMILES string of the molecule is C.C.CC(C)=CCC1=C(C)C(=O)C(CO)=C(CO)C1=O. The van der Waals surface area contributed by atoms with Crippen LogP contribution in [0.15, 0.2) is 33.9 Å². The van der Waals surface area contributed by atoms with Gasteiger partial charge in [-0.25, -0.2) is 0 Å². The second kappa shape index (κ2) is 8.61. The molecule has 0 heterocycles. The third-order valence-corrected chi connectivity index (χ3v) is 3.01. The highest BCUT2D eigenvalue weighted by Gasteiger charge is 2.30. The van der Waals surface area contributed by atoms with Gasteiger partial charge >= 0.3 is 0 Å². The Kier molecular flexibility index (Phi) is 8.95. The zero-order chi connectivity index (χ0) is 13.9. The molecular weight excluding hydrogens is 256 g/mol. The van der Waals surface area contributed by atoms with Gasteiger partial charge < -0.3 is 10.2 Å². The van der Waals surface area contributed by atoms with E-state index in [0.717, 1.165) is 5.57 Å². The van der Waals surface area contributed by atoms with Crippen LogP contribution in [0.25, 0.3) is 0 Å². The van der Waals surface area contributed by atoms with Crippen LogP contribution in [-0.2, 0) is 9.59 Å². The van der Waals surface area contributed by atoms with Gasteiger partial charge in [0, 0.05) is 22.3 Å². The molecule has 2 N–H and O–H groups in total. The van der Waals surface area contributed by atoms with Gasteiger partial charge in [-0.1, -0.05) is 26.5 Å². The molecule has 0 aliphatic heterocycles. The Labute approximate surface area is 121 Å². The zero-order valence-corrected chi connectivity index (χ0v) is 10.9. The molecule has 0 atom stereocenters. The van der Waals surface area contributed by atoms with Crippen LogP contribution in [0, 0.1) is 0 Å². The molecule has 1 aliphatic carbocycles. The van der Waals surface area contributed by atoms with E-state index >= 15 is 0 Å². The predicted octanol–water partition coefficient (Wildman–Crippen LogP) is 2.36. The van der Waals surface area contributed by atoms with Crippen LogP contribution >= 0.6 is 0 Å². The number of rotatable bonds is 4. The van der Waals surface area contributed by atoms with Crippen LogP contribution in [-0.4, -0.2) is 35.0 Å². The Hall–Kier alpha value is -1.52. The summed E-state index contributed by atoms with van der Waals surface area (Å²) in [7, 11) is 0. The molecule has 0 saturated carbocycles. The van der Waals surface area contributed by atoms with E-state index in [1.807, 2.05) is 19.9 Å². The van der Waals surface area contributed by atoms with E-state index in [1.54, 1.807) is 6.92 Å². The quantitative estimate of drug-likeness (QED) is 0.613. The van der Waals surface area contributed by atoms with E-state index in [2.05, 4.69) is 0 Å². The fraction of sp³-hybridized carbons (Fsp3) is 0.500. The molecule has 1 aliphatic rings. The van der Waals surface area contributed by atoms with Crippen molar-refractivity contribution in [2.24, 2.45) is 0 Å². The lowest BCUT2D eigenvalue weighted by molar-refractivity contribution is -0.117. The van der Waals surface area contributed by atoms with E-state index in [1.165, 1.54) is 0 Å². The minimum atomic E-state index is -0.522. The average molecular weight is 282 g/mol. The number of carbonyl (C=O) groups is 2. The van der Waals surface area contributed by atoms with E-state index in [0.29, 0.717) is 17.6 Å². The number of aliphatic hydroxyl groups is 2. The summed E-state index contributed by atoms with van der Waals surface area (Å²) in [6.07, 6.45) is 2.24. The first kappa shape index (κ1) is 20.8. The summed E-state index contributed by atoms with van der Waals surface area (Å²) in [5, 5.41) is 18.3. The van der Waals surface area contributed by atoms with Gasteiger partial charge in [0.15, 0.2) is 11.6 Å².